The molecule has 0 atom stereocenters. The van der Waals surface area contributed by atoms with Crippen molar-refractivity contribution in [3.63, 3.8) is 0 Å². The minimum atomic E-state index is -0.0917. The molecule has 2 aromatic carbocycles. The highest BCUT2D eigenvalue weighted by Gasteiger charge is 2.21. The third-order valence-corrected chi connectivity index (χ3v) is 5.22. The van der Waals surface area contributed by atoms with E-state index in [9.17, 15) is 5.11 Å². The van der Waals surface area contributed by atoms with Gasteiger partial charge in [-0.1, -0.05) is 42.5 Å². The van der Waals surface area contributed by atoms with E-state index < -0.39 is 0 Å². The number of hydrogen-bond acceptors (Lipinski definition) is 5. The normalized spacial score (nSPS) is 13.4. The quantitative estimate of drug-likeness (QED) is 0.567. The number of aromatic nitrogens is 4. The van der Waals surface area contributed by atoms with Gasteiger partial charge in [0.15, 0.2) is 0 Å². The van der Waals surface area contributed by atoms with Crippen LogP contribution < -0.4 is 5.32 Å². The number of aromatic hydroxyl groups is 1. The van der Waals surface area contributed by atoms with Crippen LogP contribution in [0.3, 0.4) is 0 Å². The van der Waals surface area contributed by atoms with Crippen LogP contribution >= 0.6 is 0 Å². The average Bonchev–Trinajstić information content (AvgIpc) is 3.08. The van der Waals surface area contributed by atoms with Crippen molar-refractivity contribution in [2.24, 2.45) is 0 Å². The first-order valence-electron chi connectivity index (χ1n) is 9.64. The maximum Gasteiger partial charge on any atom is 0.302 e. The molecule has 0 saturated heterocycles. The first-order valence-corrected chi connectivity index (χ1v) is 9.64. The van der Waals surface area contributed by atoms with Gasteiger partial charge >= 0.3 is 6.01 Å². The predicted molar refractivity (Wildman–Crippen MR) is 109 cm³/mol. The van der Waals surface area contributed by atoms with Crippen LogP contribution in [0.25, 0.3) is 17.0 Å². The Balaban J connectivity index is 1.60. The van der Waals surface area contributed by atoms with Crippen LogP contribution in [0.5, 0.6) is 6.01 Å². The van der Waals surface area contributed by atoms with Gasteiger partial charge in [0, 0.05) is 12.1 Å². The number of rotatable bonds is 4. The van der Waals surface area contributed by atoms with Crippen molar-refractivity contribution in [2.45, 2.75) is 32.2 Å². The summed E-state index contributed by atoms with van der Waals surface area (Å²) in [5.74, 6) is 1.31. The van der Waals surface area contributed by atoms with E-state index in [0.717, 1.165) is 48.2 Å². The second-order valence-corrected chi connectivity index (χ2v) is 7.08. The fraction of sp³-hybridized carbons (Fsp3) is 0.227. The summed E-state index contributed by atoms with van der Waals surface area (Å²) in [6.07, 6.45) is 4.18. The zero-order valence-electron chi connectivity index (χ0n) is 15.5. The molecule has 28 heavy (non-hydrogen) atoms. The van der Waals surface area contributed by atoms with Crippen molar-refractivity contribution in [3.8, 4) is 12.0 Å². The van der Waals surface area contributed by atoms with E-state index >= 15 is 0 Å². The number of nitrogens with zero attached hydrogens (tertiary/aromatic N) is 4. The highest BCUT2D eigenvalue weighted by molar-refractivity contribution is 5.78. The van der Waals surface area contributed by atoms with Crippen molar-refractivity contribution in [1.82, 2.24) is 19.5 Å². The second kappa shape index (κ2) is 6.96. The van der Waals surface area contributed by atoms with Gasteiger partial charge in [-0.2, -0.15) is 9.97 Å². The van der Waals surface area contributed by atoms with Gasteiger partial charge < -0.3 is 10.4 Å². The summed E-state index contributed by atoms with van der Waals surface area (Å²) in [4.78, 5) is 13.8. The van der Waals surface area contributed by atoms with Crippen LogP contribution in [-0.4, -0.2) is 24.6 Å². The lowest BCUT2D eigenvalue weighted by atomic mass is 9.96. The molecule has 2 aromatic heterocycles. The number of benzene rings is 2. The number of anilines is 1. The molecule has 0 unspecified atom stereocenters. The van der Waals surface area contributed by atoms with Crippen LogP contribution in [0, 0.1) is 0 Å². The number of nitrogens with one attached hydrogen (secondary N) is 1. The summed E-state index contributed by atoms with van der Waals surface area (Å²) in [6.45, 7) is 0.695. The first-order chi connectivity index (χ1) is 13.8. The zero-order valence-corrected chi connectivity index (χ0v) is 15.5. The molecule has 0 radical (unpaired) electrons. The molecular formula is C22H21N5O. The summed E-state index contributed by atoms with van der Waals surface area (Å²) in [5.41, 5.74) is 4.96. The van der Waals surface area contributed by atoms with Gasteiger partial charge in [0.2, 0.25) is 5.95 Å². The Morgan fingerprint density at radius 2 is 1.68 bits per heavy atom. The lowest BCUT2D eigenvalue weighted by Crippen LogP contribution is -2.15. The Kier molecular flexibility index (Phi) is 4.16. The van der Waals surface area contributed by atoms with Crippen LogP contribution in [0.1, 0.15) is 29.7 Å². The number of hydrogen-bond donors (Lipinski definition) is 2. The lowest BCUT2D eigenvalue weighted by Gasteiger charge is -2.20. The smallest absolute Gasteiger partial charge is 0.302 e. The van der Waals surface area contributed by atoms with Crippen molar-refractivity contribution >= 4 is 16.9 Å². The van der Waals surface area contributed by atoms with Gasteiger partial charge in [-0.3, -0.25) is 0 Å². The molecule has 2 N–H and O–H groups in total. The largest absolute Gasteiger partial charge is 0.480 e. The van der Waals surface area contributed by atoms with E-state index in [0.29, 0.717) is 12.5 Å². The molecule has 0 amide bonds. The van der Waals surface area contributed by atoms with Gasteiger partial charge in [0.05, 0.1) is 16.7 Å². The third-order valence-electron chi connectivity index (χ3n) is 5.22. The fourth-order valence-electron chi connectivity index (χ4n) is 3.82. The monoisotopic (exact) mass is 371 g/mol. The molecule has 6 heteroatoms. The number of imidazole rings is 1. The second-order valence-electron chi connectivity index (χ2n) is 7.08. The molecule has 6 nitrogen and oxygen atoms in total. The van der Waals surface area contributed by atoms with E-state index in [1.54, 1.807) is 4.57 Å². The highest BCUT2D eigenvalue weighted by atomic mass is 16.3. The zero-order chi connectivity index (χ0) is 18.9. The summed E-state index contributed by atoms with van der Waals surface area (Å²) >= 11 is 0. The Labute approximate surface area is 162 Å². The Morgan fingerprint density at radius 3 is 2.57 bits per heavy atom. The first kappa shape index (κ1) is 16.7. The summed E-state index contributed by atoms with van der Waals surface area (Å²) in [6, 6.07) is 17.8. The van der Waals surface area contributed by atoms with E-state index in [1.165, 1.54) is 11.1 Å². The summed E-state index contributed by atoms with van der Waals surface area (Å²) in [7, 11) is 0. The van der Waals surface area contributed by atoms with E-state index in [4.69, 9.17) is 9.97 Å². The van der Waals surface area contributed by atoms with Crippen LogP contribution in [0.15, 0.2) is 54.6 Å². The minimum Gasteiger partial charge on any atom is -0.480 e. The maximum absolute atomic E-state index is 10.4. The number of para-hydroxylation sites is 2. The predicted octanol–water partition coefficient (Wildman–Crippen LogP) is 4.01. The average molecular weight is 371 g/mol. The van der Waals surface area contributed by atoms with Crippen molar-refractivity contribution in [1.29, 1.82) is 0 Å². The standard InChI is InChI=1S/C22H21N5O/c28-22-25-18-12-6-7-13-19(18)27(22)21-24-17-11-5-4-10-16(17)20(26-21)23-14-15-8-2-1-3-9-15/h1-3,6-9,12-13H,4-5,10-11,14H2,(H,25,28)(H,23,24,26). The maximum atomic E-state index is 10.4. The van der Waals surface area contributed by atoms with Crippen molar-refractivity contribution in [3.05, 3.63) is 71.4 Å². The molecular weight excluding hydrogens is 350 g/mol. The van der Waals surface area contributed by atoms with Crippen LogP contribution in [0.2, 0.25) is 0 Å². The van der Waals surface area contributed by atoms with Gasteiger partial charge in [0.1, 0.15) is 5.82 Å². The molecule has 2 heterocycles. The molecule has 0 spiro atoms. The Hall–Kier alpha value is -3.41. The topological polar surface area (TPSA) is 75.9 Å². The van der Waals surface area contributed by atoms with Gasteiger partial charge in [-0.25, -0.2) is 9.55 Å². The van der Waals surface area contributed by atoms with Crippen LogP contribution in [0.4, 0.5) is 5.82 Å². The summed E-state index contributed by atoms with van der Waals surface area (Å²) < 4.78 is 1.62. The molecule has 0 fully saturated rings. The van der Waals surface area contributed by atoms with E-state index in [1.807, 2.05) is 42.5 Å². The SMILES string of the molecule is Oc1nc2ccccc2n1-c1nc2c(c(NCc3ccccc3)n1)CCCC2. The molecule has 140 valence electrons. The number of aryl methyl sites for hydroxylation is 1. The summed E-state index contributed by atoms with van der Waals surface area (Å²) in [5, 5.41) is 13.9. The molecule has 1 aliphatic rings. The molecule has 0 bridgehead atoms. The molecule has 0 aliphatic heterocycles. The van der Waals surface area contributed by atoms with Gasteiger partial charge in [-0.05, 0) is 43.4 Å². The molecule has 4 aromatic rings. The van der Waals surface area contributed by atoms with Crippen molar-refractivity contribution < 1.29 is 5.11 Å². The van der Waals surface area contributed by atoms with E-state index in [-0.39, 0.29) is 6.01 Å². The molecule has 0 saturated carbocycles. The van der Waals surface area contributed by atoms with Gasteiger partial charge in [-0.15, -0.1) is 0 Å². The Bertz CT molecular complexity index is 1140. The van der Waals surface area contributed by atoms with Crippen molar-refractivity contribution in [2.75, 3.05) is 5.32 Å². The molecule has 5 rings (SSSR count). The Morgan fingerprint density at radius 1 is 0.893 bits per heavy atom. The molecule has 1 aliphatic carbocycles. The van der Waals surface area contributed by atoms with Crippen LogP contribution in [-0.2, 0) is 19.4 Å². The third kappa shape index (κ3) is 2.97. The highest BCUT2D eigenvalue weighted by Crippen LogP contribution is 2.29. The fourth-order valence-corrected chi connectivity index (χ4v) is 3.82. The lowest BCUT2D eigenvalue weighted by molar-refractivity contribution is 0.422. The van der Waals surface area contributed by atoms with E-state index in [2.05, 4.69) is 22.4 Å². The van der Waals surface area contributed by atoms with Gasteiger partial charge in [0.25, 0.3) is 0 Å². The minimum absolute atomic E-state index is 0.0917. The number of fused-ring (bicyclic) bond motifs is 2.